The van der Waals surface area contributed by atoms with E-state index in [1.807, 2.05) is 61.5 Å². The van der Waals surface area contributed by atoms with Crippen molar-refractivity contribution in [1.29, 1.82) is 0 Å². The van der Waals surface area contributed by atoms with Gasteiger partial charge >= 0.3 is 0 Å². The van der Waals surface area contributed by atoms with E-state index in [1.54, 1.807) is 42.5 Å². The van der Waals surface area contributed by atoms with E-state index in [0.717, 1.165) is 19.9 Å². The average Bonchev–Trinajstić information content (AvgIpc) is 3.03. The van der Waals surface area contributed by atoms with Crippen LogP contribution in [0, 0.1) is 0 Å². The van der Waals surface area contributed by atoms with Crippen LogP contribution in [0.3, 0.4) is 0 Å². The molecule has 1 N–H and O–H groups in total. The van der Waals surface area contributed by atoms with Crippen molar-refractivity contribution < 1.29 is 22.7 Å². The van der Waals surface area contributed by atoms with Gasteiger partial charge in [-0.3, -0.25) is 13.9 Å². The Morgan fingerprint density at radius 1 is 0.837 bits per heavy atom. The second kappa shape index (κ2) is 14.8. The van der Waals surface area contributed by atoms with Crippen LogP contribution >= 0.6 is 15.9 Å². The third-order valence-electron chi connectivity index (χ3n) is 6.86. The first-order chi connectivity index (χ1) is 20.7. The van der Waals surface area contributed by atoms with E-state index in [0.29, 0.717) is 18.0 Å². The summed E-state index contributed by atoms with van der Waals surface area (Å²) in [5.41, 5.74) is 1.99. The molecule has 10 heteroatoms. The summed E-state index contributed by atoms with van der Waals surface area (Å²) in [7, 11) is -2.68. The Morgan fingerprint density at radius 3 is 2.02 bits per heavy atom. The molecule has 4 rings (SSSR count). The minimum Gasteiger partial charge on any atom is -0.497 e. The molecule has 0 saturated heterocycles. The molecule has 0 aromatic heterocycles. The number of nitrogens with zero attached hydrogens (tertiary/aromatic N) is 2. The fourth-order valence-electron chi connectivity index (χ4n) is 4.63. The number of ether oxygens (including phenoxy) is 1. The highest BCUT2D eigenvalue weighted by atomic mass is 79.9. The normalized spacial score (nSPS) is 11.8. The first-order valence-electron chi connectivity index (χ1n) is 13.8. The van der Waals surface area contributed by atoms with Crippen LogP contribution < -0.4 is 14.4 Å². The molecular weight excluding hydrogens is 630 g/mol. The highest BCUT2D eigenvalue weighted by molar-refractivity contribution is 9.10. The van der Waals surface area contributed by atoms with Gasteiger partial charge in [-0.1, -0.05) is 76.6 Å². The minimum absolute atomic E-state index is 0.00831. The molecule has 43 heavy (non-hydrogen) atoms. The molecule has 8 nitrogen and oxygen atoms in total. The van der Waals surface area contributed by atoms with Gasteiger partial charge in [0.2, 0.25) is 11.8 Å². The van der Waals surface area contributed by atoms with E-state index in [-0.39, 0.29) is 23.8 Å². The smallest absolute Gasteiger partial charge is 0.264 e. The van der Waals surface area contributed by atoms with Gasteiger partial charge in [0.25, 0.3) is 10.0 Å². The van der Waals surface area contributed by atoms with Gasteiger partial charge in [-0.05, 0) is 66.6 Å². The van der Waals surface area contributed by atoms with Crippen LogP contribution in [0.1, 0.15) is 18.1 Å². The third kappa shape index (κ3) is 8.24. The van der Waals surface area contributed by atoms with Gasteiger partial charge in [-0.15, -0.1) is 0 Å². The van der Waals surface area contributed by atoms with E-state index in [1.165, 1.54) is 24.1 Å². The number of rotatable bonds is 13. The lowest BCUT2D eigenvalue weighted by molar-refractivity contribution is -0.140. The third-order valence-corrected chi connectivity index (χ3v) is 9.18. The van der Waals surface area contributed by atoms with Crippen LogP contribution in [-0.4, -0.2) is 51.4 Å². The van der Waals surface area contributed by atoms with Crippen LogP contribution in [0.4, 0.5) is 5.69 Å². The Bertz CT molecular complexity index is 1600. The van der Waals surface area contributed by atoms with Gasteiger partial charge in [0, 0.05) is 24.0 Å². The van der Waals surface area contributed by atoms with Gasteiger partial charge < -0.3 is 15.0 Å². The van der Waals surface area contributed by atoms with Crippen LogP contribution in [0.5, 0.6) is 5.75 Å². The van der Waals surface area contributed by atoms with E-state index in [9.17, 15) is 18.0 Å². The molecule has 0 spiro atoms. The largest absolute Gasteiger partial charge is 0.497 e. The van der Waals surface area contributed by atoms with Gasteiger partial charge in [0.15, 0.2) is 0 Å². The summed E-state index contributed by atoms with van der Waals surface area (Å²) < 4.78 is 35.2. The molecule has 1 atom stereocenters. The molecule has 0 fully saturated rings. The van der Waals surface area contributed by atoms with Gasteiger partial charge in [-0.25, -0.2) is 8.42 Å². The number of halogens is 1. The van der Waals surface area contributed by atoms with Gasteiger partial charge in [-0.2, -0.15) is 0 Å². The van der Waals surface area contributed by atoms with E-state index >= 15 is 0 Å². The molecule has 0 aliphatic carbocycles. The topological polar surface area (TPSA) is 96.0 Å². The van der Waals surface area contributed by atoms with Crippen LogP contribution in [0.2, 0.25) is 0 Å². The Kier molecular flexibility index (Phi) is 11.0. The summed E-state index contributed by atoms with van der Waals surface area (Å²) in [5.74, 6) is -0.329. The molecule has 0 saturated carbocycles. The molecule has 0 radical (unpaired) electrons. The number of nitrogens with one attached hydrogen (secondary N) is 1. The average molecular weight is 665 g/mol. The number of hydrogen-bond donors (Lipinski definition) is 1. The van der Waals surface area contributed by atoms with Crippen LogP contribution in [0.25, 0.3) is 0 Å². The number of methoxy groups -OCH3 is 1. The number of carbonyl (C=O) groups excluding carboxylic acids is 2. The molecule has 4 aromatic rings. The molecule has 4 aromatic carbocycles. The zero-order chi connectivity index (χ0) is 30.8. The summed E-state index contributed by atoms with van der Waals surface area (Å²) in [4.78, 5) is 29.3. The van der Waals surface area contributed by atoms with Gasteiger partial charge in [0.1, 0.15) is 18.3 Å². The number of likely N-dealkylation sites (N-methyl/N-ethyl adjacent to an activating group) is 1. The predicted octanol–water partition coefficient (Wildman–Crippen LogP) is 5.43. The van der Waals surface area contributed by atoms with E-state index in [2.05, 4.69) is 21.2 Å². The van der Waals surface area contributed by atoms with Crippen molar-refractivity contribution >= 4 is 43.5 Å². The SMILES string of the molecule is CCNC(=O)[C@H](Cc1ccccc1)N(Cc1ccc(Br)cc1)C(=O)CN(c1ccccc1)S(=O)(=O)c1ccc(OC)cc1. The van der Waals surface area contributed by atoms with Crippen molar-refractivity contribution in [3.8, 4) is 5.75 Å². The number of anilines is 1. The van der Waals surface area contributed by atoms with Crippen LogP contribution in [0.15, 0.2) is 119 Å². The fraction of sp³-hybridized carbons (Fsp3) is 0.212. The van der Waals surface area contributed by atoms with Crippen LogP contribution in [-0.2, 0) is 32.6 Å². The monoisotopic (exact) mass is 663 g/mol. The summed E-state index contributed by atoms with van der Waals surface area (Å²) in [6.45, 7) is 1.79. The number of para-hydroxylation sites is 1. The van der Waals surface area contributed by atoms with Crippen molar-refractivity contribution in [2.24, 2.45) is 0 Å². The number of amides is 2. The molecule has 0 unspecified atom stereocenters. The highest BCUT2D eigenvalue weighted by Gasteiger charge is 2.34. The van der Waals surface area contributed by atoms with E-state index < -0.39 is 28.5 Å². The lowest BCUT2D eigenvalue weighted by Gasteiger charge is -2.33. The molecule has 2 amide bonds. The minimum atomic E-state index is -4.18. The molecule has 0 bridgehead atoms. The second-order valence-electron chi connectivity index (χ2n) is 9.77. The Balaban J connectivity index is 1.77. The summed E-state index contributed by atoms with van der Waals surface area (Å²) in [6.07, 6.45) is 0.255. The van der Waals surface area contributed by atoms with Crippen molar-refractivity contribution in [2.75, 3.05) is 24.5 Å². The first kappa shape index (κ1) is 31.8. The van der Waals surface area contributed by atoms with Crippen molar-refractivity contribution in [2.45, 2.75) is 30.8 Å². The zero-order valence-electron chi connectivity index (χ0n) is 24.0. The van der Waals surface area contributed by atoms with Crippen molar-refractivity contribution in [3.05, 3.63) is 125 Å². The summed E-state index contributed by atoms with van der Waals surface area (Å²) >= 11 is 3.44. The maximum atomic E-state index is 14.3. The molecule has 0 heterocycles. The second-order valence-corrected chi connectivity index (χ2v) is 12.5. The van der Waals surface area contributed by atoms with E-state index in [4.69, 9.17) is 4.74 Å². The lowest BCUT2D eigenvalue weighted by atomic mass is 10.0. The summed E-state index contributed by atoms with van der Waals surface area (Å²) in [5, 5.41) is 2.86. The Labute approximate surface area is 261 Å². The predicted molar refractivity (Wildman–Crippen MR) is 171 cm³/mol. The zero-order valence-corrected chi connectivity index (χ0v) is 26.4. The number of carbonyl (C=O) groups is 2. The number of hydrogen-bond acceptors (Lipinski definition) is 5. The molecule has 224 valence electrons. The quantitative estimate of drug-likeness (QED) is 0.206. The highest BCUT2D eigenvalue weighted by Crippen LogP contribution is 2.26. The molecular formula is C33H34BrN3O5S. The summed E-state index contributed by atoms with van der Waals surface area (Å²) in [6, 6.07) is 30.5. The maximum Gasteiger partial charge on any atom is 0.264 e. The molecule has 0 aliphatic heterocycles. The van der Waals surface area contributed by atoms with Crippen molar-refractivity contribution in [3.63, 3.8) is 0 Å². The Hall–Kier alpha value is -4.15. The lowest BCUT2D eigenvalue weighted by Crippen LogP contribution is -2.53. The van der Waals surface area contributed by atoms with Crippen molar-refractivity contribution in [1.82, 2.24) is 10.2 Å². The first-order valence-corrected chi connectivity index (χ1v) is 16.0. The fourth-order valence-corrected chi connectivity index (χ4v) is 6.31. The number of benzene rings is 4. The maximum absolute atomic E-state index is 14.3. The Morgan fingerprint density at radius 2 is 1.44 bits per heavy atom. The number of sulfonamides is 1. The standard InChI is InChI=1S/C33H34BrN3O5S/c1-3-35-33(39)31(22-25-10-6-4-7-11-25)36(23-26-14-16-27(34)17-15-26)32(38)24-37(28-12-8-5-9-13-28)43(40,41)30-20-18-29(42-2)19-21-30/h4-21,31H,3,22-24H2,1-2H3,(H,35,39)/t31-/m0/s1. The molecule has 0 aliphatic rings. The van der Waals surface area contributed by atoms with Gasteiger partial charge in [0.05, 0.1) is 17.7 Å².